The van der Waals surface area contributed by atoms with Crippen LogP contribution in [0.25, 0.3) is 11.5 Å². The summed E-state index contributed by atoms with van der Waals surface area (Å²) in [4.78, 5) is 3.52. The highest BCUT2D eigenvalue weighted by atomic mass is 19.4. The van der Waals surface area contributed by atoms with Crippen LogP contribution >= 0.6 is 0 Å². The van der Waals surface area contributed by atoms with E-state index in [0.717, 1.165) is 6.07 Å². The quantitative estimate of drug-likeness (QED) is 0.865. The molecule has 0 aliphatic carbocycles. The average molecular weight is 260 g/mol. The molecule has 5 nitrogen and oxygen atoms in total. The summed E-state index contributed by atoms with van der Waals surface area (Å²) < 4.78 is 40.9. The summed E-state index contributed by atoms with van der Waals surface area (Å²) in [5.41, 5.74) is 0.0497. The van der Waals surface area contributed by atoms with Crippen molar-refractivity contribution in [3.63, 3.8) is 0 Å². The third-order valence-corrected chi connectivity index (χ3v) is 2.04. The van der Waals surface area contributed by atoms with Gasteiger partial charge in [0.05, 0.1) is 5.56 Å². The number of alkyl halides is 3. The van der Waals surface area contributed by atoms with Crippen molar-refractivity contribution >= 4 is 0 Å². The van der Waals surface area contributed by atoms with E-state index in [0.29, 0.717) is 0 Å². The Labute approximate surface area is 98.5 Å². The number of halogens is 3. The number of aromatic hydroxyl groups is 2. The van der Waals surface area contributed by atoms with E-state index in [-0.39, 0.29) is 23.0 Å². The van der Waals surface area contributed by atoms with Crippen molar-refractivity contribution < 1.29 is 27.9 Å². The zero-order valence-corrected chi connectivity index (χ0v) is 8.77. The fourth-order valence-corrected chi connectivity index (χ4v) is 1.32. The fourth-order valence-electron chi connectivity index (χ4n) is 1.32. The van der Waals surface area contributed by atoms with Crippen molar-refractivity contribution in [2.75, 3.05) is 0 Å². The second kappa shape index (κ2) is 4.21. The summed E-state index contributed by atoms with van der Waals surface area (Å²) in [6.45, 7) is 0. The highest BCUT2D eigenvalue weighted by Crippen LogP contribution is 2.31. The number of hydrogen-bond donors (Lipinski definition) is 2. The monoisotopic (exact) mass is 260 g/mol. The third-order valence-electron chi connectivity index (χ3n) is 2.04. The van der Waals surface area contributed by atoms with Crippen molar-refractivity contribution in [3.05, 3.63) is 24.0 Å². The lowest BCUT2D eigenvalue weighted by Crippen LogP contribution is -2.12. The number of phenols is 2. The highest BCUT2D eigenvalue weighted by Gasteiger charge is 2.30. The van der Waals surface area contributed by atoms with Gasteiger partial charge in [0.1, 0.15) is 17.9 Å². The van der Waals surface area contributed by atoms with Crippen molar-refractivity contribution in [1.29, 1.82) is 0 Å². The van der Waals surface area contributed by atoms with E-state index in [4.69, 9.17) is 5.11 Å². The van der Waals surface area contributed by atoms with Crippen molar-refractivity contribution in [2.45, 2.75) is 12.6 Å². The second-order valence-electron chi connectivity index (χ2n) is 3.51. The molecule has 0 amide bonds. The SMILES string of the molecule is Oc1ccc(-c2nc(CC(F)(F)F)no2)c(O)c1. The molecule has 0 unspecified atom stereocenters. The van der Waals surface area contributed by atoms with Gasteiger partial charge in [-0.15, -0.1) is 0 Å². The van der Waals surface area contributed by atoms with Crippen molar-refractivity contribution in [3.8, 4) is 23.0 Å². The maximum atomic E-state index is 12.1. The second-order valence-corrected chi connectivity index (χ2v) is 3.51. The Morgan fingerprint density at radius 2 is 1.94 bits per heavy atom. The summed E-state index contributed by atoms with van der Waals surface area (Å²) in [6.07, 6.45) is -5.74. The zero-order valence-electron chi connectivity index (χ0n) is 8.77. The van der Waals surface area contributed by atoms with Crippen LogP contribution in [0.1, 0.15) is 5.82 Å². The Morgan fingerprint density at radius 1 is 1.22 bits per heavy atom. The molecule has 0 spiro atoms. The number of nitrogens with zero attached hydrogens (tertiary/aromatic N) is 2. The van der Waals surface area contributed by atoms with Crippen LogP contribution in [0.2, 0.25) is 0 Å². The van der Waals surface area contributed by atoms with E-state index in [1.807, 2.05) is 0 Å². The van der Waals surface area contributed by atoms with E-state index in [9.17, 15) is 18.3 Å². The molecule has 18 heavy (non-hydrogen) atoms. The number of aromatic nitrogens is 2. The normalized spacial score (nSPS) is 11.7. The summed E-state index contributed by atoms with van der Waals surface area (Å²) >= 11 is 0. The van der Waals surface area contributed by atoms with Crippen LogP contribution in [0.3, 0.4) is 0 Å². The predicted octanol–water partition coefficient (Wildman–Crippen LogP) is 2.25. The van der Waals surface area contributed by atoms with Crippen molar-refractivity contribution in [2.24, 2.45) is 0 Å². The molecule has 0 fully saturated rings. The minimum absolute atomic E-state index is 0.0497. The van der Waals surface area contributed by atoms with Crippen molar-refractivity contribution in [1.82, 2.24) is 10.1 Å². The molecule has 1 aromatic carbocycles. The van der Waals surface area contributed by atoms with Gasteiger partial charge in [-0.05, 0) is 12.1 Å². The molecule has 2 N–H and O–H groups in total. The van der Waals surface area contributed by atoms with Gasteiger partial charge >= 0.3 is 6.18 Å². The first-order valence-electron chi connectivity index (χ1n) is 4.77. The lowest BCUT2D eigenvalue weighted by molar-refractivity contribution is -0.128. The fraction of sp³-hybridized carbons (Fsp3) is 0.200. The topological polar surface area (TPSA) is 79.4 Å². The molecule has 0 radical (unpaired) electrons. The minimum Gasteiger partial charge on any atom is -0.508 e. The molecule has 2 rings (SSSR count). The van der Waals surface area contributed by atoms with E-state index in [2.05, 4.69) is 14.7 Å². The van der Waals surface area contributed by atoms with Crippen LogP contribution in [-0.2, 0) is 6.42 Å². The van der Waals surface area contributed by atoms with Gasteiger partial charge in [-0.1, -0.05) is 5.16 Å². The molecule has 0 bridgehead atoms. The maximum Gasteiger partial charge on any atom is 0.396 e. The first-order chi connectivity index (χ1) is 8.35. The van der Waals surface area contributed by atoms with Crippen LogP contribution < -0.4 is 0 Å². The number of phenolic OH excluding ortho intramolecular Hbond substituents is 2. The van der Waals surface area contributed by atoms with Crippen LogP contribution in [0.15, 0.2) is 22.7 Å². The minimum atomic E-state index is -4.43. The van der Waals surface area contributed by atoms with Gasteiger partial charge in [0, 0.05) is 6.07 Å². The molecule has 1 aromatic heterocycles. The first kappa shape index (κ1) is 12.2. The molecule has 2 aromatic rings. The van der Waals surface area contributed by atoms with E-state index < -0.39 is 18.4 Å². The zero-order chi connectivity index (χ0) is 13.3. The number of hydrogen-bond acceptors (Lipinski definition) is 5. The van der Waals surface area contributed by atoms with Gasteiger partial charge in [-0.2, -0.15) is 18.2 Å². The molecular weight excluding hydrogens is 253 g/mol. The van der Waals surface area contributed by atoms with Gasteiger partial charge in [0.2, 0.25) is 0 Å². The largest absolute Gasteiger partial charge is 0.508 e. The van der Waals surface area contributed by atoms with Gasteiger partial charge in [-0.25, -0.2) is 0 Å². The van der Waals surface area contributed by atoms with Gasteiger partial charge in [0.15, 0.2) is 5.82 Å². The van der Waals surface area contributed by atoms with E-state index in [1.165, 1.54) is 12.1 Å². The Kier molecular flexibility index (Phi) is 2.85. The van der Waals surface area contributed by atoms with E-state index >= 15 is 0 Å². The summed E-state index contributed by atoms with van der Waals surface area (Å²) in [5, 5.41) is 21.7. The van der Waals surface area contributed by atoms with Gasteiger partial charge in [0.25, 0.3) is 5.89 Å². The average Bonchev–Trinajstić information content (AvgIpc) is 2.63. The number of rotatable bonds is 2. The standard InChI is InChI=1S/C10H7F3N2O3/c11-10(12,13)4-8-14-9(18-15-8)6-2-1-5(16)3-7(6)17/h1-3,16-17H,4H2. The van der Waals surface area contributed by atoms with Crippen LogP contribution in [-0.4, -0.2) is 26.5 Å². The Balaban J connectivity index is 2.29. The highest BCUT2D eigenvalue weighted by molar-refractivity contribution is 5.63. The van der Waals surface area contributed by atoms with Crippen LogP contribution in [0.4, 0.5) is 13.2 Å². The lowest BCUT2D eigenvalue weighted by atomic mass is 10.2. The predicted molar refractivity (Wildman–Crippen MR) is 52.8 cm³/mol. The molecule has 8 heteroatoms. The Hall–Kier alpha value is -2.25. The summed E-state index contributed by atoms with van der Waals surface area (Å²) in [7, 11) is 0. The van der Waals surface area contributed by atoms with Gasteiger partial charge in [-0.3, -0.25) is 0 Å². The molecule has 1 heterocycles. The first-order valence-corrected chi connectivity index (χ1v) is 4.77. The van der Waals surface area contributed by atoms with Crippen LogP contribution in [0, 0.1) is 0 Å². The lowest BCUT2D eigenvalue weighted by Gasteiger charge is -2.00. The molecule has 0 aliphatic rings. The third kappa shape index (κ3) is 2.70. The Bertz CT molecular complexity index is 566. The van der Waals surface area contributed by atoms with E-state index in [1.54, 1.807) is 0 Å². The summed E-state index contributed by atoms with van der Waals surface area (Å²) in [6, 6.07) is 3.52. The molecule has 0 saturated carbocycles. The Morgan fingerprint density at radius 3 is 2.56 bits per heavy atom. The number of benzene rings is 1. The molecule has 0 aliphatic heterocycles. The van der Waals surface area contributed by atoms with Crippen LogP contribution in [0.5, 0.6) is 11.5 Å². The molecule has 96 valence electrons. The molecule has 0 atom stereocenters. The smallest absolute Gasteiger partial charge is 0.396 e. The molecule has 0 saturated heterocycles. The van der Waals surface area contributed by atoms with Gasteiger partial charge < -0.3 is 14.7 Å². The summed E-state index contributed by atoms with van der Waals surface area (Å²) in [5.74, 6) is -1.32. The maximum absolute atomic E-state index is 12.1. The molecular formula is C10H7F3N2O3.